The summed E-state index contributed by atoms with van der Waals surface area (Å²) in [6, 6.07) is 0.958. The molecular formula is C28H46O2Si2. The average molecular weight is 471 g/mol. The van der Waals surface area contributed by atoms with Crippen LogP contribution in [0, 0.1) is 29.1 Å². The molecule has 1 N–H and O–H groups in total. The van der Waals surface area contributed by atoms with Crippen molar-refractivity contribution < 1.29 is 9.53 Å². The van der Waals surface area contributed by atoms with E-state index in [1.165, 1.54) is 0 Å². The molecule has 0 fully saturated rings. The standard InChI is InChI=1S/C28H46O2Si2/c1-23(18-21-30-32(11,12)26(3,4)5)15-16-25-14-13-19-28(29,27(25,6)7)20-17-24(2)22-31(8,9)10/h14,18,29H,2,13,19,21-22H2,1,3-12H3/b23-18-. The van der Waals surface area contributed by atoms with Crippen molar-refractivity contribution in [2.75, 3.05) is 6.61 Å². The third kappa shape index (κ3) is 7.93. The van der Waals surface area contributed by atoms with Crippen LogP contribution in [-0.2, 0) is 4.43 Å². The minimum Gasteiger partial charge on any atom is -0.413 e. The van der Waals surface area contributed by atoms with Gasteiger partial charge < -0.3 is 9.53 Å². The van der Waals surface area contributed by atoms with Crippen LogP contribution < -0.4 is 0 Å². The van der Waals surface area contributed by atoms with E-state index in [9.17, 15) is 5.11 Å². The molecule has 4 heteroatoms. The fourth-order valence-electron chi connectivity index (χ4n) is 3.33. The summed E-state index contributed by atoms with van der Waals surface area (Å²) in [5, 5.41) is 11.6. The summed E-state index contributed by atoms with van der Waals surface area (Å²) in [7, 11) is -3.03. The van der Waals surface area contributed by atoms with E-state index in [2.05, 4.69) is 95.9 Å². The lowest BCUT2D eigenvalue weighted by Gasteiger charge is -2.42. The fourth-order valence-corrected chi connectivity index (χ4v) is 5.63. The quantitative estimate of drug-likeness (QED) is 0.336. The SMILES string of the molecule is C=C(C#CC1(O)CCC=C(C#C/C(C)=C\CO[Si](C)(C)C(C)(C)C)C1(C)C)C[Si](C)(C)C. The Kier molecular flexibility index (Phi) is 9.26. The molecule has 0 spiro atoms. The minimum atomic E-state index is -1.76. The van der Waals surface area contributed by atoms with Crippen molar-refractivity contribution >= 4 is 16.4 Å². The van der Waals surface area contributed by atoms with E-state index in [1.54, 1.807) is 0 Å². The third-order valence-electron chi connectivity index (χ3n) is 6.79. The van der Waals surface area contributed by atoms with Gasteiger partial charge in [-0.15, -0.1) is 0 Å². The normalized spacial score (nSPS) is 21.6. The second-order valence-corrected chi connectivity index (χ2v) is 22.7. The maximum Gasteiger partial charge on any atom is 0.192 e. The first kappa shape index (κ1) is 28.7. The summed E-state index contributed by atoms with van der Waals surface area (Å²) in [6.07, 6.45) is 5.61. The van der Waals surface area contributed by atoms with E-state index in [0.29, 0.717) is 13.0 Å². The van der Waals surface area contributed by atoms with Gasteiger partial charge in [0, 0.05) is 19.1 Å². The Labute approximate surface area is 200 Å². The topological polar surface area (TPSA) is 29.5 Å². The van der Waals surface area contributed by atoms with Gasteiger partial charge in [0.1, 0.15) is 5.60 Å². The van der Waals surface area contributed by atoms with E-state index in [1.807, 2.05) is 20.8 Å². The van der Waals surface area contributed by atoms with E-state index < -0.39 is 27.4 Å². The van der Waals surface area contributed by atoms with Crippen LogP contribution in [0.1, 0.15) is 54.4 Å². The predicted molar refractivity (Wildman–Crippen MR) is 146 cm³/mol. The predicted octanol–water partition coefficient (Wildman–Crippen LogP) is 7.33. The van der Waals surface area contributed by atoms with Crippen molar-refractivity contribution in [2.45, 2.75) is 104 Å². The zero-order valence-corrected chi connectivity index (χ0v) is 24.5. The first-order chi connectivity index (χ1) is 14.3. The fraction of sp³-hybridized carbons (Fsp3) is 0.643. The van der Waals surface area contributed by atoms with Crippen LogP contribution in [0.25, 0.3) is 0 Å². The highest BCUT2D eigenvalue weighted by Gasteiger charge is 2.46. The van der Waals surface area contributed by atoms with Crippen molar-refractivity contribution in [3.05, 3.63) is 35.5 Å². The molecule has 0 aromatic carbocycles. The zero-order chi connectivity index (χ0) is 25.0. The lowest BCUT2D eigenvalue weighted by atomic mass is 9.64. The highest BCUT2D eigenvalue weighted by molar-refractivity contribution is 6.76. The van der Waals surface area contributed by atoms with E-state index in [-0.39, 0.29) is 5.04 Å². The van der Waals surface area contributed by atoms with Crippen molar-refractivity contribution in [1.82, 2.24) is 0 Å². The van der Waals surface area contributed by atoms with Gasteiger partial charge in [-0.3, -0.25) is 0 Å². The number of hydrogen-bond donors (Lipinski definition) is 1. The van der Waals surface area contributed by atoms with Gasteiger partial charge in [0.05, 0.1) is 6.61 Å². The van der Waals surface area contributed by atoms with Crippen LogP contribution in [0.2, 0.25) is 43.8 Å². The molecule has 1 aliphatic rings. The largest absolute Gasteiger partial charge is 0.413 e. The van der Waals surface area contributed by atoms with Crippen LogP contribution in [0.3, 0.4) is 0 Å². The lowest BCUT2D eigenvalue weighted by molar-refractivity contribution is -0.00423. The van der Waals surface area contributed by atoms with Crippen LogP contribution in [-0.4, -0.2) is 33.7 Å². The molecule has 1 atom stereocenters. The van der Waals surface area contributed by atoms with Gasteiger partial charge in [-0.2, -0.15) is 0 Å². The molecule has 1 aliphatic carbocycles. The van der Waals surface area contributed by atoms with Crippen LogP contribution >= 0.6 is 0 Å². The van der Waals surface area contributed by atoms with Crippen molar-refractivity contribution in [3.8, 4) is 23.7 Å². The summed E-state index contributed by atoms with van der Waals surface area (Å²) in [4.78, 5) is 0. The minimum absolute atomic E-state index is 0.198. The number of rotatable bonds is 5. The van der Waals surface area contributed by atoms with Gasteiger partial charge in [-0.1, -0.05) is 90.6 Å². The van der Waals surface area contributed by atoms with Crippen molar-refractivity contribution in [1.29, 1.82) is 0 Å². The molecule has 0 amide bonds. The Morgan fingerprint density at radius 1 is 1.19 bits per heavy atom. The van der Waals surface area contributed by atoms with Gasteiger partial charge in [0.2, 0.25) is 0 Å². The van der Waals surface area contributed by atoms with E-state index in [0.717, 1.165) is 29.2 Å². The van der Waals surface area contributed by atoms with Crippen molar-refractivity contribution in [3.63, 3.8) is 0 Å². The summed E-state index contributed by atoms with van der Waals surface area (Å²) in [5.41, 5.74) is 1.23. The Hall–Kier alpha value is -1.31. The first-order valence-corrected chi connectivity index (χ1v) is 18.4. The molecule has 0 heterocycles. The van der Waals surface area contributed by atoms with Gasteiger partial charge >= 0.3 is 0 Å². The van der Waals surface area contributed by atoms with Gasteiger partial charge in [0.15, 0.2) is 8.32 Å². The molecule has 1 rings (SSSR count). The molecule has 0 aromatic heterocycles. The zero-order valence-electron chi connectivity index (χ0n) is 22.5. The number of allylic oxidation sites excluding steroid dienone is 3. The molecule has 178 valence electrons. The lowest BCUT2D eigenvalue weighted by Crippen LogP contribution is -2.46. The highest BCUT2D eigenvalue weighted by Crippen LogP contribution is 2.44. The smallest absolute Gasteiger partial charge is 0.192 e. The molecule has 2 nitrogen and oxygen atoms in total. The van der Waals surface area contributed by atoms with E-state index >= 15 is 0 Å². The first-order valence-electron chi connectivity index (χ1n) is 11.8. The maximum absolute atomic E-state index is 11.4. The molecule has 1 unspecified atom stereocenters. The number of aliphatic hydroxyl groups is 1. The highest BCUT2D eigenvalue weighted by atomic mass is 28.4. The summed E-state index contributed by atoms with van der Waals surface area (Å²) >= 11 is 0. The molecule has 0 aliphatic heterocycles. The summed E-state index contributed by atoms with van der Waals surface area (Å²) < 4.78 is 6.24. The summed E-state index contributed by atoms with van der Waals surface area (Å²) in [6.45, 7) is 29.0. The average Bonchev–Trinajstić information content (AvgIpc) is 2.59. The van der Waals surface area contributed by atoms with Gasteiger partial charge in [-0.25, -0.2) is 0 Å². The number of hydrogen-bond acceptors (Lipinski definition) is 2. The van der Waals surface area contributed by atoms with Crippen LogP contribution in [0.15, 0.2) is 35.5 Å². The Morgan fingerprint density at radius 3 is 2.31 bits per heavy atom. The Morgan fingerprint density at radius 2 is 1.78 bits per heavy atom. The van der Waals surface area contributed by atoms with Crippen molar-refractivity contribution in [2.24, 2.45) is 5.41 Å². The second-order valence-electron chi connectivity index (χ2n) is 12.4. The van der Waals surface area contributed by atoms with Crippen LogP contribution in [0.5, 0.6) is 0 Å². The van der Waals surface area contributed by atoms with Gasteiger partial charge in [0.25, 0.3) is 0 Å². The second kappa shape index (κ2) is 10.3. The molecule has 0 bridgehead atoms. The third-order valence-corrected chi connectivity index (χ3v) is 12.8. The Bertz CT molecular complexity index is 884. The van der Waals surface area contributed by atoms with Gasteiger partial charge in [-0.05, 0) is 61.2 Å². The molecule has 0 saturated heterocycles. The van der Waals surface area contributed by atoms with Crippen LogP contribution in [0.4, 0.5) is 0 Å². The molecule has 0 aromatic rings. The summed E-state index contributed by atoms with van der Waals surface area (Å²) in [5.74, 6) is 13.0. The molecular weight excluding hydrogens is 424 g/mol. The van der Waals surface area contributed by atoms with E-state index in [4.69, 9.17) is 4.43 Å². The molecule has 0 radical (unpaired) electrons. The molecule has 32 heavy (non-hydrogen) atoms. The monoisotopic (exact) mass is 470 g/mol. The Balaban J connectivity index is 2.98. The maximum atomic E-state index is 11.4. The molecule has 0 saturated carbocycles.